The monoisotopic (exact) mass is 349 g/mol. The van der Waals surface area contributed by atoms with Crippen LogP contribution in [0.3, 0.4) is 0 Å². The van der Waals surface area contributed by atoms with Gasteiger partial charge in [-0.3, -0.25) is 9.69 Å². The van der Waals surface area contributed by atoms with Crippen LogP contribution in [0.25, 0.3) is 0 Å². The molecule has 0 unspecified atom stereocenters. The van der Waals surface area contributed by atoms with Crippen molar-refractivity contribution in [3.05, 3.63) is 64.2 Å². The molecule has 0 saturated carbocycles. The van der Waals surface area contributed by atoms with Crippen molar-refractivity contribution < 1.29 is 13.2 Å². The van der Waals surface area contributed by atoms with Gasteiger partial charge in [0.2, 0.25) is 5.91 Å². The van der Waals surface area contributed by atoms with Crippen LogP contribution in [0, 0.1) is 13.8 Å². The van der Waals surface area contributed by atoms with Gasteiger partial charge in [0, 0.05) is 10.7 Å². The Morgan fingerprint density at radius 1 is 1.09 bits per heavy atom. The van der Waals surface area contributed by atoms with E-state index in [1.165, 1.54) is 4.90 Å². The Labute approximate surface area is 140 Å². The van der Waals surface area contributed by atoms with Gasteiger partial charge in [0.15, 0.2) is 15.2 Å². The summed E-state index contributed by atoms with van der Waals surface area (Å²) in [5.41, 5.74) is 3.09. The molecule has 1 fully saturated rings. The number of hydrogen-bond acceptors (Lipinski definition) is 3. The molecule has 4 nitrogen and oxygen atoms in total. The first-order valence-corrected chi connectivity index (χ1v) is 9.26. The van der Waals surface area contributed by atoms with Crippen molar-refractivity contribution in [2.75, 3.05) is 10.7 Å². The maximum absolute atomic E-state index is 12.5. The third-order valence-electron chi connectivity index (χ3n) is 4.16. The summed E-state index contributed by atoms with van der Waals surface area (Å²) in [5.74, 6) is -0.883. The van der Waals surface area contributed by atoms with Crippen molar-refractivity contribution in [1.82, 2.24) is 0 Å². The number of benzene rings is 2. The molecule has 2 aromatic carbocycles. The van der Waals surface area contributed by atoms with Crippen molar-refractivity contribution in [3.63, 3.8) is 0 Å². The van der Waals surface area contributed by atoms with Gasteiger partial charge in [0.05, 0.1) is 0 Å². The fourth-order valence-corrected chi connectivity index (χ4v) is 4.74. The van der Waals surface area contributed by atoms with Gasteiger partial charge < -0.3 is 0 Å². The fourth-order valence-electron chi connectivity index (χ4n) is 2.85. The second-order valence-electron chi connectivity index (χ2n) is 5.69. The molecule has 1 aliphatic heterocycles. The molecule has 0 spiro atoms. The Bertz CT molecular complexity index is 875. The number of carbonyl (C=O) groups is 1. The van der Waals surface area contributed by atoms with Gasteiger partial charge in [0.1, 0.15) is 5.75 Å². The van der Waals surface area contributed by atoms with Crippen LogP contribution in [0.15, 0.2) is 42.5 Å². The molecule has 1 amide bonds. The van der Waals surface area contributed by atoms with Crippen molar-refractivity contribution in [2.45, 2.75) is 19.2 Å². The molecule has 1 heterocycles. The molecular formula is C17H16ClNO3S. The Balaban J connectivity index is 2.19. The summed E-state index contributed by atoms with van der Waals surface area (Å²) in [5, 5.41) is -0.485. The van der Waals surface area contributed by atoms with E-state index in [0.29, 0.717) is 16.3 Å². The molecule has 3 rings (SSSR count). The molecule has 1 atom stereocenters. The minimum atomic E-state index is -3.60. The summed E-state index contributed by atoms with van der Waals surface area (Å²) in [6.45, 7) is 3.83. The van der Waals surface area contributed by atoms with Crippen LogP contribution in [0.5, 0.6) is 0 Å². The van der Waals surface area contributed by atoms with Gasteiger partial charge in [-0.2, -0.15) is 0 Å². The first-order chi connectivity index (χ1) is 10.8. The van der Waals surface area contributed by atoms with E-state index >= 15 is 0 Å². The summed E-state index contributed by atoms with van der Waals surface area (Å²) in [4.78, 5) is 13.8. The number of hydrogen-bond donors (Lipinski definition) is 0. The Morgan fingerprint density at radius 2 is 1.74 bits per heavy atom. The number of anilines is 1. The zero-order valence-electron chi connectivity index (χ0n) is 12.8. The lowest BCUT2D eigenvalue weighted by Crippen LogP contribution is -2.29. The zero-order chi connectivity index (χ0) is 16.8. The molecule has 0 aliphatic carbocycles. The second kappa shape index (κ2) is 5.65. The maximum Gasteiger partial charge on any atom is 0.243 e. The molecule has 0 bridgehead atoms. The van der Waals surface area contributed by atoms with Gasteiger partial charge >= 0.3 is 0 Å². The number of halogens is 1. The third kappa shape index (κ3) is 2.75. The number of sulfone groups is 1. The van der Waals surface area contributed by atoms with Crippen LogP contribution in [0.1, 0.15) is 22.1 Å². The molecule has 1 saturated heterocycles. The topological polar surface area (TPSA) is 54.5 Å². The highest BCUT2D eigenvalue weighted by molar-refractivity contribution is 7.93. The van der Waals surface area contributed by atoms with Crippen molar-refractivity contribution in [2.24, 2.45) is 0 Å². The molecule has 0 radical (unpaired) electrons. The van der Waals surface area contributed by atoms with E-state index in [2.05, 4.69) is 0 Å². The standard InChI is InChI=1S/C17H16ClNO3S/c1-11-4-3-5-15(12(11)2)19-16(20)10-23(21,22)17(19)13-6-8-14(18)9-7-13/h3-9,17H,10H2,1-2H3/t17-/m0/s1. The molecule has 6 heteroatoms. The van der Waals surface area contributed by atoms with Crippen LogP contribution in [-0.4, -0.2) is 20.1 Å². The number of carbonyl (C=O) groups excluding carboxylic acids is 1. The predicted molar refractivity (Wildman–Crippen MR) is 91.4 cm³/mol. The summed E-state index contributed by atoms with van der Waals surface area (Å²) in [6, 6.07) is 12.1. The van der Waals surface area contributed by atoms with E-state index in [4.69, 9.17) is 11.6 Å². The van der Waals surface area contributed by atoms with E-state index in [9.17, 15) is 13.2 Å². The second-order valence-corrected chi connectivity index (χ2v) is 8.19. The van der Waals surface area contributed by atoms with E-state index < -0.39 is 26.9 Å². The molecular weight excluding hydrogens is 334 g/mol. The molecule has 0 N–H and O–H groups in total. The quantitative estimate of drug-likeness (QED) is 0.834. The van der Waals surface area contributed by atoms with Crippen LogP contribution in [0.2, 0.25) is 5.02 Å². The number of rotatable bonds is 2. The van der Waals surface area contributed by atoms with Crippen LogP contribution in [-0.2, 0) is 14.6 Å². The summed E-state index contributed by atoms with van der Waals surface area (Å²) >= 11 is 5.89. The molecule has 1 aliphatic rings. The van der Waals surface area contributed by atoms with Gasteiger partial charge in [-0.05, 0) is 48.7 Å². The third-order valence-corrected chi connectivity index (χ3v) is 6.22. The number of amides is 1. The molecule has 0 aromatic heterocycles. The van der Waals surface area contributed by atoms with Gasteiger partial charge in [-0.25, -0.2) is 8.42 Å². The van der Waals surface area contributed by atoms with Crippen LogP contribution in [0.4, 0.5) is 5.69 Å². The lowest BCUT2D eigenvalue weighted by Gasteiger charge is -2.26. The van der Waals surface area contributed by atoms with E-state index in [1.54, 1.807) is 30.3 Å². The largest absolute Gasteiger partial charge is 0.289 e. The highest BCUT2D eigenvalue weighted by Gasteiger charge is 2.46. The predicted octanol–water partition coefficient (Wildman–Crippen LogP) is 3.42. The summed E-state index contributed by atoms with van der Waals surface area (Å²) < 4.78 is 25.1. The SMILES string of the molecule is Cc1cccc(N2C(=O)CS(=O)(=O)[C@H]2c2ccc(Cl)cc2)c1C. The van der Waals surface area contributed by atoms with Crippen LogP contribution < -0.4 is 4.90 Å². The first kappa shape index (κ1) is 16.0. The number of aryl methyl sites for hydroxylation is 1. The smallest absolute Gasteiger partial charge is 0.243 e. The van der Waals surface area contributed by atoms with E-state index in [1.807, 2.05) is 26.0 Å². The average Bonchev–Trinajstić information content (AvgIpc) is 2.72. The lowest BCUT2D eigenvalue weighted by molar-refractivity contribution is -0.115. The van der Waals surface area contributed by atoms with Gasteiger partial charge in [-0.1, -0.05) is 35.9 Å². The fraction of sp³-hybridized carbons (Fsp3) is 0.235. The molecule has 23 heavy (non-hydrogen) atoms. The van der Waals surface area contributed by atoms with E-state index in [0.717, 1.165) is 11.1 Å². The number of nitrogens with zero attached hydrogens (tertiary/aromatic N) is 1. The van der Waals surface area contributed by atoms with Crippen molar-refractivity contribution >= 4 is 33.0 Å². The summed E-state index contributed by atoms with van der Waals surface area (Å²) in [7, 11) is -3.60. The first-order valence-electron chi connectivity index (χ1n) is 7.16. The minimum absolute atomic E-state index is 0.404. The van der Waals surface area contributed by atoms with Crippen molar-refractivity contribution in [1.29, 1.82) is 0 Å². The average molecular weight is 350 g/mol. The van der Waals surface area contributed by atoms with E-state index in [-0.39, 0.29) is 0 Å². The Hall–Kier alpha value is -1.85. The Morgan fingerprint density at radius 3 is 2.39 bits per heavy atom. The molecule has 120 valence electrons. The normalized spacial score (nSPS) is 20.0. The van der Waals surface area contributed by atoms with Gasteiger partial charge in [-0.15, -0.1) is 0 Å². The lowest BCUT2D eigenvalue weighted by atomic mass is 10.1. The van der Waals surface area contributed by atoms with Crippen molar-refractivity contribution in [3.8, 4) is 0 Å². The Kier molecular flexibility index (Phi) is 3.94. The zero-order valence-corrected chi connectivity index (χ0v) is 14.4. The summed E-state index contributed by atoms with van der Waals surface area (Å²) in [6.07, 6.45) is 0. The highest BCUT2D eigenvalue weighted by Crippen LogP contribution is 2.39. The molecule has 2 aromatic rings. The van der Waals surface area contributed by atoms with Gasteiger partial charge in [0.25, 0.3) is 0 Å². The maximum atomic E-state index is 12.5. The minimum Gasteiger partial charge on any atom is -0.289 e. The highest BCUT2D eigenvalue weighted by atomic mass is 35.5. The van der Waals surface area contributed by atoms with Crippen LogP contribution >= 0.6 is 11.6 Å².